The molecular formula is C28H24N3+. The summed E-state index contributed by atoms with van der Waals surface area (Å²) in [5.41, 5.74) is 12.5. The van der Waals surface area contributed by atoms with E-state index >= 15 is 0 Å². The fourth-order valence-electron chi connectivity index (χ4n) is 4.86. The second kappa shape index (κ2) is 6.64. The van der Waals surface area contributed by atoms with Gasteiger partial charge in [0.05, 0.1) is 22.3 Å². The van der Waals surface area contributed by atoms with E-state index in [-0.39, 0.29) is 0 Å². The zero-order chi connectivity index (χ0) is 21.1. The fraction of sp³-hybridized carbons (Fsp3) is 0.143. The van der Waals surface area contributed by atoms with Crippen LogP contribution < -0.4 is 4.57 Å². The monoisotopic (exact) mass is 402 g/mol. The molecule has 0 amide bonds. The second-order valence-corrected chi connectivity index (χ2v) is 8.56. The van der Waals surface area contributed by atoms with Crippen molar-refractivity contribution in [3.8, 4) is 28.1 Å². The van der Waals surface area contributed by atoms with Crippen LogP contribution in [0.1, 0.15) is 22.5 Å². The van der Waals surface area contributed by atoms with Crippen LogP contribution in [-0.2, 0) is 13.5 Å². The summed E-state index contributed by atoms with van der Waals surface area (Å²) in [4.78, 5) is 4.92. The van der Waals surface area contributed by atoms with E-state index in [2.05, 4.69) is 109 Å². The molecule has 3 nitrogen and oxygen atoms in total. The Kier molecular flexibility index (Phi) is 3.87. The van der Waals surface area contributed by atoms with Crippen molar-refractivity contribution in [2.75, 3.05) is 0 Å². The van der Waals surface area contributed by atoms with E-state index in [1.165, 1.54) is 50.3 Å². The van der Waals surface area contributed by atoms with Gasteiger partial charge >= 0.3 is 0 Å². The molecule has 0 N–H and O–H groups in total. The number of pyridine rings is 1. The predicted octanol–water partition coefficient (Wildman–Crippen LogP) is 5.71. The van der Waals surface area contributed by atoms with Crippen molar-refractivity contribution in [2.24, 2.45) is 7.05 Å². The van der Waals surface area contributed by atoms with Crippen molar-refractivity contribution in [3.05, 3.63) is 102 Å². The fourth-order valence-corrected chi connectivity index (χ4v) is 4.86. The van der Waals surface area contributed by atoms with Gasteiger partial charge in [-0.3, -0.25) is 4.57 Å². The van der Waals surface area contributed by atoms with E-state index in [1.54, 1.807) is 0 Å². The number of nitrogens with zero attached hydrogens (tertiary/aromatic N) is 3. The molecule has 0 atom stereocenters. The predicted molar refractivity (Wildman–Crippen MR) is 125 cm³/mol. The average Bonchev–Trinajstić information content (AvgIpc) is 3.31. The molecule has 0 aliphatic carbocycles. The lowest BCUT2D eigenvalue weighted by Gasteiger charge is -2.13. The number of benzene rings is 3. The lowest BCUT2D eigenvalue weighted by molar-refractivity contribution is -0.660. The van der Waals surface area contributed by atoms with Crippen molar-refractivity contribution in [3.63, 3.8) is 0 Å². The number of aromatic nitrogens is 3. The Morgan fingerprint density at radius 1 is 0.871 bits per heavy atom. The number of para-hydroxylation sites is 2. The molecule has 0 radical (unpaired) electrons. The van der Waals surface area contributed by atoms with E-state index in [0.29, 0.717) is 0 Å². The average molecular weight is 403 g/mol. The van der Waals surface area contributed by atoms with Crippen LogP contribution in [0.5, 0.6) is 0 Å². The highest BCUT2D eigenvalue weighted by Gasteiger charge is 2.29. The van der Waals surface area contributed by atoms with Gasteiger partial charge in [-0.15, -0.1) is 0 Å². The summed E-state index contributed by atoms with van der Waals surface area (Å²) in [6.45, 7) is 4.34. The van der Waals surface area contributed by atoms with Crippen LogP contribution in [0.3, 0.4) is 0 Å². The summed E-state index contributed by atoms with van der Waals surface area (Å²) < 4.78 is 4.57. The smallest absolute Gasteiger partial charge is 0.213 e. The van der Waals surface area contributed by atoms with Crippen LogP contribution in [0, 0.1) is 13.8 Å². The van der Waals surface area contributed by atoms with Gasteiger partial charge in [-0.2, -0.15) is 0 Å². The third-order valence-electron chi connectivity index (χ3n) is 6.49. The molecule has 0 bridgehead atoms. The summed E-state index contributed by atoms with van der Waals surface area (Å²) in [6, 6.07) is 26.2. The van der Waals surface area contributed by atoms with Gasteiger partial charge in [-0.05, 0) is 54.3 Å². The Labute approximate surface area is 182 Å². The van der Waals surface area contributed by atoms with E-state index < -0.39 is 0 Å². The second-order valence-electron chi connectivity index (χ2n) is 8.56. The first-order chi connectivity index (χ1) is 15.1. The van der Waals surface area contributed by atoms with Crippen LogP contribution in [0.25, 0.3) is 39.1 Å². The zero-order valence-corrected chi connectivity index (χ0v) is 18.1. The highest BCUT2D eigenvalue weighted by Crippen LogP contribution is 2.39. The van der Waals surface area contributed by atoms with E-state index in [4.69, 9.17) is 4.98 Å². The minimum atomic E-state index is 0.857. The number of aryl methyl sites for hydroxylation is 3. The van der Waals surface area contributed by atoms with E-state index in [1.807, 2.05) is 0 Å². The number of fused-ring (bicyclic) bond motifs is 5. The van der Waals surface area contributed by atoms with Gasteiger partial charge in [0.25, 0.3) is 0 Å². The lowest BCUT2D eigenvalue weighted by atomic mass is 9.94. The number of imidazole rings is 1. The SMILES string of the molecule is Cc1ccc(-c2cc[n+](C)c(-c3c(C)ccc4c3Cc3nc5ccccc5n3-4)c2)cc1. The first-order valence-corrected chi connectivity index (χ1v) is 10.8. The maximum absolute atomic E-state index is 4.92. The molecule has 31 heavy (non-hydrogen) atoms. The van der Waals surface area contributed by atoms with Crippen LogP contribution in [0.4, 0.5) is 0 Å². The minimum absolute atomic E-state index is 0.857. The van der Waals surface area contributed by atoms with Crippen molar-refractivity contribution < 1.29 is 4.57 Å². The summed E-state index contributed by atoms with van der Waals surface area (Å²) in [6.07, 6.45) is 3.03. The molecule has 5 aromatic rings. The van der Waals surface area contributed by atoms with Crippen molar-refractivity contribution >= 4 is 11.0 Å². The number of rotatable bonds is 2. The van der Waals surface area contributed by atoms with Crippen LogP contribution in [0.2, 0.25) is 0 Å². The van der Waals surface area contributed by atoms with Gasteiger partial charge in [0.2, 0.25) is 5.69 Å². The van der Waals surface area contributed by atoms with Crippen molar-refractivity contribution in [2.45, 2.75) is 20.3 Å². The maximum atomic E-state index is 4.92. The van der Waals surface area contributed by atoms with Gasteiger partial charge < -0.3 is 0 Å². The molecule has 3 heteroatoms. The van der Waals surface area contributed by atoms with Crippen molar-refractivity contribution in [1.82, 2.24) is 9.55 Å². The zero-order valence-electron chi connectivity index (χ0n) is 18.1. The molecule has 3 heterocycles. The van der Waals surface area contributed by atoms with Gasteiger partial charge in [0, 0.05) is 18.6 Å². The largest absolute Gasteiger partial charge is 0.296 e. The Balaban J connectivity index is 1.56. The van der Waals surface area contributed by atoms with E-state index in [9.17, 15) is 0 Å². The molecule has 0 saturated heterocycles. The topological polar surface area (TPSA) is 21.7 Å². The molecule has 3 aromatic carbocycles. The van der Waals surface area contributed by atoms with Gasteiger partial charge in [-0.25, -0.2) is 9.55 Å². The summed E-state index contributed by atoms with van der Waals surface area (Å²) >= 11 is 0. The van der Waals surface area contributed by atoms with Crippen LogP contribution >= 0.6 is 0 Å². The van der Waals surface area contributed by atoms with Crippen LogP contribution in [0.15, 0.2) is 79.0 Å². The van der Waals surface area contributed by atoms with Crippen LogP contribution in [-0.4, -0.2) is 9.55 Å². The normalized spacial score (nSPS) is 12.2. The Morgan fingerprint density at radius 2 is 1.68 bits per heavy atom. The Bertz CT molecular complexity index is 1470. The molecule has 1 aliphatic rings. The third-order valence-corrected chi connectivity index (χ3v) is 6.49. The Morgan fingerprint density at radius 3 is 2.52 bits per heavy atom. The van der Waals surface area contributed by atoms with Gasteiger partial charge in [0.15, 0.2) is 6.20 Å². The van der Waals surface area contributed by atoms with Crippen molar-refractivity contribution in [1.29, 1.82) is 0 Å². The third kappa shape index (κ3) is 2.73. The molecule has 150 valence electrons. The molecule has 1 aliphatic heterocycles. The molecule has 0 saturated carbocycles. The summed E-state index contributed by atoms with van der Waals surface area (Å²) in [5, 5.41) is 0. The van der Waals surface area contributed by atoms with Gasteiger partial charge in [-0.1, -0.05) is 48.0 Å². The Hall–Kier alpha value is -3.72. The molecule has 0 unspecified atom stereocenters. The number of hydrogen-bond acceptors (Lipinski definition) is 1. The standard InChI is InChI=1S/C28H24N3/c1-18-8-11-20(12-9-18)21-14-15-30(3)26(16-21)28-19(2)10-13-24-22(28)17-27-29-23-6-4-5-7-25(23)31(24)27/h4-16H,17H2,1-3H3/q+1. The maximum Gasteiger partial charge on any atom is 0.213 e. The minimum Gasteiger partial charge on any atom is -0.296 e. The quantitative estimate of drug-likeness (QED) is 0.340. The lowest BCUT2D eigenvalue weighted by Crippen LogP contribution is -2.31. The first kappa shape index (κ1) is 18.1. The summed E-state index contributed by atoms with van der Waals surface area (Å²) in [5.74, 6) is 1.13. The highest BCUT2D eigenvalue weighted by atomic mass is 15.1. The number of hydrogen-bond donors (Lipinski definition) is 0. The molecule has 0 fully saturated rings. The first-order valence-electron chi connectivity index (χ1n) is 10.8. The molecular weight excluding hydrogens is 378 g/mol. The summed E-state index contributed by atoms with van der Waals surface area (Å²) in [7, 11) is 2.13. The van der Waals surface area contributed by atoms with Gasteiger partial charge in [0.1, 0.15) is 12.9 Å². The molecule has 0 spiro atoms. The highest BCUT2D eigenvalue weighted by molar-refractivity contribution is 5.83. The molecule has 2 aromatic heterocycles. The van der Waals surface area contributed by atoms with E-state index in [0.717, 1.165) is 17.8 Å². The molecule has 6 rings (SSSR count).